The highest BCUT2D eigenvalue weighted by molar-refractivity contribution is 7.15. The van der Waals surface area contributed by atoms with Crippen molar-refractivity contribution in [2.24, 2.45) is 0 Å². The third kappa shape index (κ3) is 4.34. The van der Waals surface area contributed by atoms with Crippen LogP contribution in [0.15, 0.2) is 41.0 Å². The van der Waals surface area contributed by atoms with Gasteiger partial charge in [-0.25, -0.2) is 0 Å². The second-order valence-corrected chi connectivity index (χ2v) is 8.80. The molecule has 0 atom stereocenters. The smallest absolute Gasteiger partial charge is 0.250 e. The Kier molecular flexibility index (Phi) is 6.56. The Bertz CT molecular complexity index is 1400. The van der Waals surface area contributed by atoms with Crippen LogP contribution in [0.4, 0.5) is 5.13 Å². The van der Waals surface area contributed by atoms with E-state index in [1.165, 1.54) is 17.4 Å². The van der Waals surface area contributed by atoms with Crippen molar-refractivity contribution in [3.05, 3.63) is 52.7 Å². The number of methoxy groups -OCH3 is 3. The summed E-state index contributed by atoms with van der Waals surface area (Å²) in [5, 5.41) is 12.7. The van der Waals surface area contributed by atoms with Gasteiger partial charge in [0.15, 0.2) is 0 Å². The van der Waals surface area contributed by atoms with Crippen molar-refractivity contribution in [2.45, 2.75) is 20.8 Å². The summed E-state index contributed by atoms with van der Waals surface area (Å²) in [5.74, 6) is 1.74. The van der Waals surface area contributed by atoms with Gasteiger partial charge >= 0.3 is 0 Å². The lowest BCUT2D eigenvalue weighted by atomic mass is 9.96. The van der Waals surface area contributed by atoms with E-state index in [9.17, 15) is 4.79 Å². The number of benzene rings is 2. The Morgan fingerprint density at radius 1 is 1.06 bits per heavy atom. The van der Waals surface area contributed by atoms with E-state index in [0.717, 1.165) is 38.2 Å². The molecular weight excluding hydrogens is 454 g/mol. The minimum Gasteiger partial charge on any atom is -0.497 e. The van der Waals surface area contributed by atoms with Gasteiger partial charge in [0.05, 0.1) is 27.6 Å². The van der Waals surface area contributed by atoms with Crippen LogP contribution in [0.25, 0.3) is 27.7 Å². The zero-order valence-electron chi connectivity index (χ0n) is 19.8. The fourth-order valence-corrected chi connectivity index (χ4v) is 4.46. The molecule has 0 fully saturated rings. The van der Waals surface area contributed by atoms with Crippen molar-refractivity contribution in [3.8, 4) is 28.4 Å². The first kappa shape index (κ1) is 23.3. The van der Waals surface area contributed by atoms with E-state index >= 15 is 0 Å². The molecule has 2 aromatic carbocycles. The number of aryl methyl sites for hydroxylation is 2. The maximum absolute atomic E-state index is 12.6. The molecule has 8 nitrogen and oxygen atoms in total. The number of hydrogen-bond donors (Lipinski definition) is 1. The Morgan fingerprint density at radius 2 is 1.85 bits per heavy atom. The number of carbonyl (C=O) groups excluding carboxylic acids is 1. The average Bonchev–Trinajstić information content (AvgIpc) is 3.44. The molecule has 176 valence electrons. The van der Waals surface area contributed by atoms with E-state index in [2.05, 4.69) is 15.5 Å². The quantitative estimate of drug-likeness (QED) is 0.343. The van der Waals surface area contributed by atoms with Crippen molar-refractivity contribution < 1.29 is 23.4 Å². The number of carbonyl (C=O) groups is 1. The SMILES string of the molecule is COc1ccc(OC)c(-c2coc3c(C)c(OC)c(/C(C)=C/C(=O)Nc4nnc(C)s4)cc23)c1. The lowest BCUT2D eigenvalue weighted by Crippen LogP contribution is -2.08. The molecular formula is C25H25N3O5S. The fourth-order valence-electron chi connectivity index (χ4n) is 3.87. The van der Waals surface area contributed by atoms with Gasteiger partial charge in [-0.15, -0.1) is 10.2 Å². The first-order chi connectivity index (χ1) is 16.4. The van der Waals surface area contributed by atoms with Crippen LogP contribution in [0.1, 0.15) is 23.1 Å². The van der Waals surface area contributed by atoms with Gasteiger partial charge in [-0.2, -0.15) is 0 Å². The zero-order valence-corrected chi connectivity index (χ0v) is 20.6. The molecule has 4 rings (SSSR count). The molecule has 0 aliphatic rings. The molecule has 34 heavy (non-hydrogen) atoms. The number of aromatic nitrogens is 2. The molecule has 0 aliphatic carbocycles. The highest BCUT2D eigenvalue weighted by Gasteiger charge is 2.21. The zero-order chi connectivity index (χ0) is 24.4. The van der Waals surface area contributed by atoms with Crippen molar-refractivity contribution in [2.75, 3.05) is 26.6 Å². The number of hydrogen-bond acceptors (Lipinski definition) is 8. The molecule has 4 aromatic rings. The van der Waals surface area contributed by atoms with Gasteiger partial charge in [0.25, 0.3) is 0 Å². The van der Waals surface area contributed by atoms with Crippen LogP contribution in [0.3, 0.4) is 0 Å². The number of rotatable bonds is 7. The standard InChI is InChI=1S/C25H25N3O5S/c1-13(9-22(29)26-25-28-27-15(3)34-25)17-11-19-20(12-33-24(19)14(2)23(17)32-6)18-10-16(30-4)7-8-21(18)31-5/h7-12H,1-6H3,(H,26,28,29)/b13-9+. The number of anilines is 1. The number of furan rings is 1. The van der Waals surface area contributed by atoms with Gasteiger partial charge in [-0.3, -0.25) is 10.1 Å². The van der Waals surface area contributed by atoms with Crippen LogP contribution in [0, 0.1) is 13.8 Å². The molecule has 1 amide bonds. The summed E-state index contributed by atoms with van der Waals surface area (Å²) >= 11 is 1.32. The molecule has 0 aliphatic heterocycles. The number of nitrogens with zero attached hydrogens (tertiary/aromatic N) is 2. The van der Waals surface area contributed by atoms with Crippen molar-refractivity contribution in [1.82, 2.24) is 10.2 Å². The van der Waals surface area contributed by atoms with E-state index in [1.54, 1.807) is 27.6 Å². The largest absolute Gasteiger partial charge is 0.497 e. The summed E-state index contributed by atoms with van der Waals surface area (Å²) in [6.07, 6.45) is 3.22. The van der Waals surface area contributed by atoms with E-state index in [4.69, 9.17) is 18.6 Å². The molecule has 0 saturated heterocycles. The normalized spacial score (nSPS) is 11.5. The summed E-state index contributed by atoms with van der Waals surface area (Å²) in [5.41, 5.74) is 4.71. The van der Waals surface area contributed by atoms with Crippen LogP contribution in [0.5, 0.6) is 17.2 Å². The summed E-state index contributed by atoms with van der Waals surface area (Å²) < 4.78 is 22.7. The topological polar surface area (TPSA) is 95.7 Å². The lowest BCUT2D eigenvalue weighted by Gasteiger charge is -2.14. The minimum absolute atomic E-state index is 0.296. The van der Waals surface area contributed by atoms with Gasteiger partial charge in [-0.05, 0) is 50.6 Å². The first-order valence-corrected chi connectivity index (χ1v) is 11.3. The van der Waals surface area contributed by atoms with Crippen molar-refractivity contribution in [3.63, 3.8) is 0 Å². The first-order valence-electron chi connectivity index (χ1n) is 10.5. The van der Waals surface area contributed by atoms with Gasteiger partial charge in [0.2, 0.25) is 11.0 Å². The minimum atomic E-state index is -0.296. The number of allylic oxidation sites excluding steroid dienone is 1. The highest BCUT2D eigenvalue weighted by atomic mass is 32.1. The molecule has 0 bridgehead atoms. The van der Waals surface area contributed by atoms with E-state index < -0.39 is 0 Å². The average molecular weight is 480 g/mol. The van der Waals surface area contributed by atoms with Crippen LogP contribution in [-0.2, 0) is 4.79 Å². The predicted molar refractivity (Wildman–Crippen MR) is 133 cm³/mol. The van der Waals surface area contributed by atoms with Gasteiger partial charge in [-0.1, -0.05) is 11.3 Å². The van der Waals surface area contributed by atoms with Gasteiger partial charge < -0.3 is 18.6 Å². The summed E-state index contributed by atoms with van der Waals surface area (Å²) in [6.45, 7) is 5.62. The lowest BCUT2D eigenvalue weighted by molar-refractivity contribution is -0.111. The summed E-state index contributed by atoms with van der Waals surface area (Å²) in [6, 6.07) is 7.57. The second kappa shape index (κ2) is 9.56. The number of fused-ring (bicyclic) bond motifs is 1. The molecule has 0 saturated carbocycles. The molecule has 0 unspecified atom stereocenters. The molecule has 9 heteroatoms. The fraction of sp³-hybridized carbons (Fsp3) is 0.240. The number of amides is 1. The second-order valence-electron chi connectivity index (χ2n) is 7.62. The Labute approximate surface area is 201 Å². The monoisotopic (exact) mass is 479 g/mol. The third-order valence-corrected chi connectivity index (χ3v) is 6.23. The van der Waals surface area contributed by atoms with Gasteiger partial charge in [0, 0.05) is 33.7 Å². The summed E-state index contributed by atoms with van der Waals surface area (Å²) in [4.78, 5) is 12.6. The third-order valence-electron chi connectivity index (χ3n) is 5.47. The molecule has 0 spiro atoms. The van der Waals surface area contributed by atoms with Crippen LogP contribution >= 0.6 is 11.3 Å². The molecule has 2 aromatic heterocycles. The van der Waals surface area contributed by atoms with Gasteiger partial charge in [0.1, 0.15) is 27.8 Å². The number of ether oxygens (including phenoxy) is 3. The van der Waals surface area contributed by atoms with Crippen LogP contribution in [0.2, 0.25) is 0 Å². The predicted octanol–water partition coefficient (Wildman–Crippen LogP) is 5.64. The number of nitrogens with one attached hydrogen (secondary N) is 1. The highest BCUT2D eigenvalue weighted by Crippen LogP contribution is 2.43. The molecule has 0 radical (unpaired) electrons. The Balaban J connectivity index is 1.83. The van der Waals surface area contributed by atoms with Crippen molar-refractivity contribution >= 4 is 38.9 Å². The molecule has 1 N–H and O–H groups in total. The maximum Gasteiger partial charge on any atom is 0.250 e. The van der Waals surface area contributed by atoms with Crippen LogP contribution in [-0.4, -0.2) is 37.4 Å². The van der Waals surface area contributed by atoms with E-state index in [0.29, 0.717) is 28.0 Å². The Hall–Kier alpha value is -3.85. The van der Waals surface area contributed by atoms with Crippen molar-refractivity contribution in [1.29, 1.82) is 0 Å². The van der Waals surface area contributed by atoms with E-state index in [1.807, 2.05) is 45.0 Å². The van der Waals surface area contributed by atoms with Crippen LogP contribution < -0.4 is 19.5 Å². The Morgan fingerprint density at radius 3 is 2.50 bits per heavy atom. The molecule has 2 heterocycles. The summed E-state index contributed by atoms with van der Waals surface area (Å²) in [7, 11) is 4.84. The maximum atomic E-state index is 12.6. The van der Waals surface area contributed by atoms with E-state index in [-0.39, 0.29) is 5.91 Å².